The van der Waals surface area contributed by atoms with Gasteiger partial charge in [0, 0.05) is 6.42 Å². The molecule has 0 radical (unpaired) electrons. The van der Waals surface area contributed by atoms with Gasteiger partial charge in [0.05, 0.1) is 6.21 Å². The van der Waals surface area contributed by atoms with E-state index in [1.165, 1.54) is 32.1 Å². The lowest BCUT2D eigenvalue weighted by molar-refractivity contribution is 0.336. The smallest absolute Gasteiger partial charge is 0.216 e. The summed E-state index contributed by atoms with van der Waals surface area (Å²) in [6.45, 7) is 0. The highest BCUT2D eigenvalue weighted by Gasteiger charge is 2.15. The predicted molar refractivity (Wildman–Crippen MR) is 93.4 cm³/mol. The fourth-order valence-corrected chi connectivity index (χ4v) is 3.34. The SMILES string of the molecule is Oc1cccc(/C=N\n2c(CCC3CCCCC3)n[nH]c2=S)c1. The number of phenols is 1. The standard InChI is InChI=1S/C17H22N4OS/c22-15-8-4-7-14(11-15)12-18-21-16(19-20-17(21)23)10-9-13-5-2-1-3-6-13/h4,7-8,11-13,22H,1-3,5-6,9-10H2,(H,20,23)/b18-12-. The fourth-order valence-electron chi connectivity index (χ4n) is 3.14. The topological polar surface area (TPSA) is 66.2 Å². The maximum absolute atomic E-state index is 9.50. The molecule has 1 aliphatic carbocycles. The largest absolute Gasteiger partial charge is 0.508 e. The van der Waals surface area contributed by atoms with Gasteiger partial charge in [-0.2, -0.15) is 14.9 Å². The van der Waals surface area contributed by atoms with Crippen molar-refractivity contribution in [2.75, 3.05) is 0 Å². The molecular weight excluding hydrogens is 308 g/mol. The first-order chi connectivity index (χ1) is 11.2. The predicted octanol–water partition coefficient (Wildman–Crippen LogP) is 4.04. The first kappa shape index (κ1) is 15.9. The first-order valence-electron chi connectivity index (χ1n) is 8.22. The van der Waals surface area contributed by atoms with E-state index in [0.29, 0.717) is 4.77 Å². The summed E-state index contributed by atoms with van der Waals surface area (Å²) in [6, 6.07) is 6.97. The third kappa shape index (κ3) is 4.28. The van der Waals surface area contributed by atoms with Crippen LogP contribution >= 0.6 is 12.2 Å². The van der Waals surface area contributed by atoms with Crippen LogP contribution in [0.25, 0.3) is 0 Å². The Morgan fingerprint density at radius 1 is 1.35 bits per heavy atom. The second-order valence-electron chi connectivity index (χ2n) is 6.14. The maximum atomic E-state index is 9.50. The number of aryl methyl sites for hydroxylation is 1. The van der Waals surface area contributed by atoms with Crippen LogP contribution in [0.1, 0.15) is 49.9 Å². The second-order valence-corrected chi connectivity index (χ2v) is 6.53. The van der Waals surface area contributed by atoms with Crippen molar-refractivity contribution in [2.24, 2.45) is 11.0 Å². The Morgan fingerprint density at radius 2 is 2.17 bits per heavy atom. The minimum absolute atomic E-state index is 0.224. The number of H-pyrrole nitrogens is 1. The molecule has 0 amide bonds. The van der Waals surface area contributed by atoms with Crippen LogP contribution in [-0.4, -0.2) is 26.2 Å². The number of hydrogen-bond donors (Lipinski definition) is 2. The Kier molecular flexibility index (Phi) is 5.23. The summed E-state index contributed by atoms with van der Waals surface area (Å²) >= 11 is 5.27. The molecule has 0 aliphatic heterocycles. The molecule has 0 atom stereocenters. The van der Waals surface area contributed by atoms with Crippen molar-refractivity contribution in [3.8, 4) is 5.75 Å². The molecule has 0 saturated heterocycles. The molecule has 5 nitrogen and oxygen atoms in total. The van der Waals surface area contributed by atoms with Gasteiger partial charge in [-0.25, -0.2) is 0 Å². The van der Waals surface area contributed by atoms with Crippen LogP contribution in [0, 0.1) is 10.7 Å². The van der Waals surface area contributed by atoms with Crippen molar-refractivity contribution < 1.29 is 5.11 Å². The molecule has 6 heteroatoms. The molecule has 0 spiro atoms. The third-order valence-electron chi connectivity index (χ3n) is 4.41. The van der Waals surface area contributed by atoms with Crippen LogP contribution in [0.4, 0.5) is 0 Å². The van der Waals surface area contributed by atoms with Crippen LogP contribution in [-0.2, 0) is 6.42 Å². The zero-order chi connectivity index (χ0) is 16.1. The van der Waals surface area contributed by atoms with E-state index in [4.69, 9.17) is 12.2 Å². The molecule has 1 fully saturated rings. The van der Waals surface area contributed by atoms with Crippen LogP contribution in [0.3, 0.4) is 0 Å². The van der Waals surface area contributed by atoms with Crippen LogP contribution in [0.2, 0.25) is 0 Å². The Balaban J connectivity index is 1.69. The van der Waals surface area contributed by atoms with Crippen molar-refractivity contribution in [1.82, 2.24) is 14.9 Å². The minimum atomic E-state index is 0.224. The van der Waals surface area contributed by atoms with E-state index in [2.05, 4.69) is 15.3 Å². The molecule has 2 N–H and O–H groups in total. The van der Waals surface area contributed by atoms with Gasteiger partial charge in [-0.3, -0.25) is 5.10 Å². The number of rotatable bonds is 5. The zero-order valence-corrected chi connectivity index (χ0v) is 13.9. The summed E-state index contributed by atoms with van der Waals surface area (Å²) in [6.07, 6.45) is 10.5. The molecule has 3 rings (SSSR count). The normalized spacial score (nSPS) is 16.2. The van der Waals surface area contributed by atoms with Gasteiger partial charge >= 0.3 is 0 Å². The summed E-state index contributed by atoms with van der Waals surface area (Å²) in [5, 5.41) is 21.1. The zero-order valence-electron chi connectivity index (χ0n) is 13.1. The van der Waals surface area contributed by atoms with Gasteiger partial charge in [-0.1, -0.05) is 44.2 Å². The lowest BCUT2D eigenvalue weighted by Crippen LogP contribution is -2.09. The van der Waals surface area contributed by atoms with Gasteiger partial charge in [0.15, 0.2) is 5.82 Å². The average molecular weight is 330 g/mol. The Hall–Kier alpha value is -1.95. The van der Waals surface area contributed by atoms with Gasteiger partial charge in [-0.15, -0.1) is 0 Å². The maximum Gasteiger partial charge on any atom is 0.216 e. The summed E-state index contributed by atoms with van der Waals surface area (Å²) < 4.78 is 2.18. The first-order valence-corrected chi connectivity index (χ1v) is 8.63. The number of aromatic amines is 1. The van der Waals surface area contributed by atoms with Gasteiger partial charge in [-0.05, 0) is 42.3 Å². The molecule has 2 aromatic rings. The van der Waals surface area contributed by atoms with E-state index < -0.39 is 0 Å². The van der Waals surface area contributed by atoms with Crippen molar-refractivity contribution in [3.63, 3.8) is 0 Å². The fraction of sp³-hybridized carbons (Fsp3) is 0.471. The van der Waals surface area contributed by atoms with Crippen LogP contribution in [0.15, 0.2) is 29.4 Å². The molecule has 0 bridgehead atoms. The summed E-state index contributed by atoms with van der Waals surface area (Å²) in [5.41, 5.74) is 0.825. The van der Waals surface area contributed by atoms with Crippen molar-refractivity contribution >= 4 is 18.4 Å². The lowest BCUT2D eigenvalue weighted by Gasteiger charge is -2.20. The Labute approximate surface area is 141 Å². The van der Waals surface area contributed by atoms with Gasteiger partial charge in [0.25, 0.3) is 0 Å². The van der Waals surface area contributed by atoms with E-state index in [1.54, 1.807) is 29.1 Å². The van der Waals surface area contributed by atoms with Gasteiger partial charge in [0.2, 0.25) is 4.77 Å². The molecule has 122 valence electrons. The van der Waals surface area contributed by atoms with Gasteiger partial charge < -0.3 is 5.11 Å². The van der Waals surface area contributed by atoms with Gasteiger partial charge in [0.1, 0.15) is 5.75 Å². The molecule has 23 heavy (non-hydrogen) atoms. The number of benzene rings is 1. The van der Waals surface area contributed by atoms with Crippen LogP contribution < -0.4 is 0 Å². The highest BCUT2D eigenvalue weighted by Crippen LogP contribution is 2.27. The number of hydrogen-bond acceptors (Lipinski definition) is 4. The Bertz CT molecular complexity index is 728. The number of aromatic hydroxyl groups is 1. The molecule has 1 saturated carbocycles. The summed E-state index contributed by atoms with van der Waals surface area (Å²) in [4.78, 5) is 0. The highest BCUT2D eigenvalue weighted by molar-refractivity contribution is 7.71. The number of nitrogens with one attached hydrogen (secondary N) is 1. The number of phenolic OH excluding ortho intramolecular Hbond substituents is 1. The summed E-state index contributed by atoms with van der Waals surface area (Å²) in [5.74, 6) is 1.90. The third-order valence-corrected chi connectivity index (χ3v) is 4.68. The second kappa shape index (κ2) is 7.55. The van der Waals surface area contributed by atoms with Crippen molar-refractivity contribution in [3.05, 3.63) is 40.4 Å². The quantitative estimate of drug-likeness (QED) is 0.642. The van der Waals surface area contributed by atoms with E-state index in [0.717, 1.165) is 30.1 Å². The average Bonchev–Trinajstić information content (AvgIpc) is 2.92. The molecule has 1 aliphatic rings. The monoisotopic (exact) mass is 330 g/mol. The molecule has 1 aromatic carbocycles. The molecule has 0 unspecified atom stereocenters. The van der Waals surface area contributed by atoms with Crippen molar-refractivity contribution in [1.29, 1.82) is 0 Å². The molecule has 1 heterocycles. The number of aromatic nitrogens is 3. The molecular formula is C17H22N4OS. The minimum Gasteiger partial charge on any atom is -0.508 e. The highest BCUT2D eigenvalue weighted by atomic mass is 32.1. The van der Waals surface area contributed by atoms with Crippen molar-refractivity contribution in [2.45, 2.75) is 44.9 Å². The lowest BCUT2D eigenvalue weighted by atomic mass is 9.86. The van der Waals surface area contributed by atoms with E-state index in [9.17, 15) is 5.11 Å². The molecule has 1 aromatic heterocycles. The van der Waals surface area contributed by atoms with Crippen LogP contribution in [0.5, 0.6) is 5.75 Å². The summed E-state index contributed by atoms with van der Waals surface area (Å²) in [7, 11) is 0. The van der Waals surface area contributed by atoms with E-state index in [-0.39, 0.29) is 5.75 Å². The number of nitrogens with zero attached hydrogens (tertiary/aromatic N) is 3. The van der Waals surface area contributed by atoms with E-state index in [1.807, 2.05) is 6.07 Å². The van der Waals surface area contributed by atoms with E-state index >= 15 is 0 Å². The Morgan fingerprint density at radius 3 is 2.96 bits per heavy atom.